The van der Waals surface area contributed by atoms with Gasteiger partial charge in [0, 0.05) is 5.25 Å². The van der Waals surface area contributed by atoms with E-state index >= 15 is 0 Å². The number of rotatable bonds is 8. The highest BCUT2D eigenvalue weighted by molar-refractivity contribution is 8.00. The lowest BCUT2D eigenvalue weighted by Gasteiger charge is -2.08. The molecule has 1 radical (unpaired) electrons. The largest absolute Gasteiger partial charge is 0.162 e. The third-order valence-electron chi connectivity index (χ3n) is 1.63. The van der Waals surface area contributed by atoms with E-state index in [0.717, 1.165) is 0 Å². The van der Waals surface area contributed by atoms with Crippen molar-refractivity contribution < 1.29 is 0 Å². The van der Waals surface area contributed by atoms with Gasteiger partial charge in [0.05, 0.1) is 0 Å². The summed E-state index contributed by atoms with van der Waals surface area (Å²) in [6.45, 7) is 8.54. The zero-order valence-corrected chi connectivity index (χ0v) is 9.98. The molecule has 0 spiro atoms. The summed E-state index contributed by atoms with van der Waals surface area (Å²) in [5.41, 5.74) is 0. The quantitative estimate of drug-likeness (QED) is 0.552. The van der Waals surface area contributed by atoms with E-state index < -0.39 is 0 Å². The average molecular weight is 205 g/mol. The predicted octanol–water partition coefficient (Wildman–Crippen LogP) is 3.87. The molecule has 0 heterocycles. The second kappa shape index (κ2) is 9.79. The smallest absolute Gasteiger partial charge is 0.00551 e. The van der Waals surface area contributed by atoms with Crippen LogP contribution in [0.15, 0.2) is 0 Å². The van der Waals surface area contributed by atoms with Crippen molar-refractivity contribution >= 4 is 23.5 Å². The molecule has 0 rings (SSSR count). The van der Waals surface area contributed by atoms with Gasteiger partial charge in [-0.2, -0.15) is 23.5 Å². The molecule has 0 aliphatic heterocycles. The van der Waals surface area contributed by atoms with E-state index in [1.165, 1.54) is 36.5 Å². The Kier molecular flexibility index (Phi) is 10.4. The van der Waals surface area contributed by atoms with Crippen LogP contribution in [0, 0.1) is 6.92 Å². The van der Waals surface area contributed by atoms with Crippen molar-refractivity contribution in [3.8, 4) is 0 Å². The molecule has 1 unspecified atom stereocenters. The Balaban J connectivity index is 2.97. The van der Waals surface area contributed by atoms with Crippen LogP contribution >= 0.6 is 23.5 Å². The van der Waals surface area contributed by atoms with Gasteiger partial charge in [0.1, 0.15) is 0 Å². The normalized spacial score (nSPS) is 13.2. The van der Waals surface area contributed by atoms with Gasteiger partial charge in [0.2, 0.25) is 0 Å². The van der Waals surface area contributed by atoms with E-state index in [-0.39, 0.29) is 0 Å². The first-order valence-electron chi connectivity index (χ1n) is 4.83. The van der Waals surface area contributed by atoms with Gasteiger partial charge in [-0.15, -0.1) is 0 Å². The molecule has 0 saturated carbocycles. The van der Waals surface area contributed by atoms with Crippen LogP contribution in [0.5, 0.6) is 0 Å². The third-order valence-corrected chi connectivity index (χ3v) is 3.77. The van der Waals surface area contributed by atoms with Crippen LogP contribution in [-0.2, 0) is 0 Å². The molecule has 0 N–H and O–H groups in total. The Morgan fingerprint density at radius 1 is 1.25 bits per heavy atom. The van der Waals surface area contributed by atoms with Crippen molar-refractivity contribution in [2.75, 3.05) is 17.3 Å². The second-order valence-corrected chi connectivity index (χ2v) is 5.63. The molecule has 0 amide bonds. The Morgan fingerprint density at radius 3 is 2.58 bits per heavy atom. The summed E-state index contributed by atoms with van der Waals surface area (Å²) in [5, 5.41) is 0.615. The summed E-state index contributed by atoms with van der Waals surface area (Å²) in [6.07, 6.45) is 3.96. The summed E-state index contributed by atoms with van der Waals surface area (Å²) in [6, 6.07) is 0. The van der Waals surface area contributed by atoms with Crippen molar-refractivity contribution in [1.29, 1.82) is 0 Å². The fourth-order valence-corrected chi connectivity index (χ4v) is 2.94. The van der Waals surface area contributed by atoms with Crippen LogP contribution in [0.1, 0.15) is 33.1 Å². The van der Waals surface area contributed by atoms with Crippen molar-refractivity contribution in [3.63, 3.8) is 0 Å². The van der Waals surface area contributed by atoms with Crippen LogP contribution in [0.2, 0.25) is 0 Å². The molecule has 1 atom stereocenters. The first-order chi connectivity index (χ1) is 5.81. The van der Waals surface area contributed by atoms with Gasteiger partial charge in [-0.25, -0.2) is 0 Å². The monoisotopic (exact) mass is 205 g/mol. The zero-order chi connectivity index (χ0) is 9.23. The average Bonchev–Trinajstić information content (AvgIpc) is 2.05. The molecule has 2 heteroatoms. The topological polar surface area (TPSA) is 0 Å². The van der Waals surface area contributed by atoms with E-state index in [9.17, 15) is 0 Å². The molecule has 0 fully saturated rings. The summed E-state index contributed by atoms with van der Waals surface area (Å²) in [5.74, 6) is 3.83. The minimum Gasteiger partial charge on any atom is -0.162 e. The molecule has 0 aliphatic carbocycles. The van der Waals surface area contributed by atoms with Crippen LogP contribution in [0.4, 0.5) is 0 Å². The molecular weight excluding hydrogens is 184 g/mol. The molecule has 0 aromatic carbocycles. The van der Waals surface area contributed by atoms with E-state index in [2.05, 4.69) is 32.5 Å². The Hall–Kier alpha value is 0.700. The number of unbranched alkanes of at least 4 members (excludes halogenated alkanes) is 1. The number of thioether (sulfide) groups is 2. The highest BCUT2D eigenvalue weighted by atomic mass is 32.2. The molecule has 0 aromatic rings. The first-order valence-corrected chi connectivity index (χ1v) is 7.04. The molecule has 0 aromatic heterocycles. The van der Waals surface area contributed by atoms with E-state index in [1.807, 2.05) is 11.8 Å². The van der Waals surface area contributed by atoms with Crippen LogP contribution in [0.3, 0.4) is 0 Å². The Bertz CT molecular complexity index is 83.9. The van der Waals surface area contributed by atoms with Crippen molar-refractivity contribution in [2.45, 2.75) is 38.4 Å². The highest BCUT2D eigenvalue weighted by Crippen LogP contribution is 2.16. The summed E-state index contributed by atoms with van der Waals surface area (Å²) >= 11 is 4.05. The van der Waals surface area contributed by atoms with Gasteiger partial charge < -0.3 is 0 Å². The van der Waals surface area contributed by atoms with Gasteiger partial charge in [0.15, 0.2) is 0 Å². The van der Waals surface area contributed by atoms with E-state index in [4.69, 9.17) is 0 Å². The minimum atomic E-state index is 0.615. The summed E-state index contributed by atoms with van der Waals surface area (Å²) in [4.78, 5) is 0. The molecular formula is C10H21S2. The lowest BCUT2D eigenvalue weighted by atomic mass is 10.4. The summed E-state index contributed by atoms with van der Waals surface area (Å²) < 4.78 is 0. The standard InChI is InChI=1S/C10H21S2/c1-4-6-8-11-9-7-10(3)12-5-2/h10H,3-9H2,1-2H3. The third kappa shape index (κ3) is 8.79. The van der Waals surface area contributed by atoms with Gasteiger partial charge >= 0.3 is 0 Å². The molecule has 0 nitrogen and oxygen atoms in total. The van der Waals surface area contributed by atoms with Crippen molar-refractivity contribution in [1.82, 2.24) is 0 Å². The second-order valence-electron chi connectivity index (χ2n) is 2.83. The maximum Gasteiger partial charge on any atom is 0.00551 e. The van der Waals surface area contributed by atoms with Crippen molar-refractivity contribution in [3.05, 3.63) is 6.92 Å². The Morgan fingerprint density at radius 2 is 2.00 bits per heavy atom. The molecule has 0 bridgehead atoms. The minimum absolute atomic E-state index is 0.615. The van der Waals surface area contributed by atoms with Crippen LogP contribution < -0.4 is 0 Å². The maximum absolute atomic E-state index is 4.10. The fraction of sp³-hybridized carbons (Fsp3) is 0.900. The van der Waals surface area contributed by atoms with Gasteiger partial charge in [-0.1, -0.05) is 20.3 Å². The Labute approximate surface area is 86.3 Å². The van der Waals surface area contributed by atoms with Crippen LogP contribution in [0.25, 0.3) is 0 Å². The maximum atomic E-state index is 4.10. The zero-order valence-electron chi connectivity index (χ0n) is 8.34. The fourth-order valence-electron chi connectivity index (χ4n) is 0.882. The number of hydrogen-bond donors (Lipinski definition) is 0. The molecule has 12 heavy (non-hydrogen) atoms. The highest BCUT2D eigenvalue weighted by Gasteiger charge is 1.99. The van der Waals surface area contributed by atoms with Gasteiger partial charge in [-0.3, -0.25) is 0 Å². The van der Waals surface area contributed by atoms with Gasteiger partial charge in [-0.05, 0) is 37.0 Å². The lowest BCUT2D eigenvalue weighted by molar-refractivity contribution is 0.893. The predicted molar refractivity (Wildman–Crippen MR) is 64.1 cm³/mol. The van der Waals surface area contributed by atoms with Crippen molar-refractivity contribution in [2.24, 2.45) is 0 Å². The number of hydrogen-bond acceptors (Lipinski definition) is 2. The molecule has 0 aliphatic rings. The first kappa shape index (κ1) is 12.7. The van der Waals surface area contributed by atoms with E-state index in [1.54, 1.807) is 0 Å². The van der Waals surface area contributed by atoms with Gasteiger partial charge in [0.25, 0.3) is 0 Å². The molecule has 0 saturated heterocycles. The molecule has 73 valence electrons. The SMILES string of the molecule is [CH2]C(CCSCCCC)SCC. The van der Waals surface area contributed by atoms with E-state index in [0.29, 0.717) is 5.25 Å². The summed E-state index contributed by atoms with van der Waals surface area (Å²) in [7, 11) is 0. The lowest BCUT2D eigenvalue weighted by Crippen LogP contribution is -1.99. The van der Waals surface area contributed by atoms with Crippen LogP contribution in [-0.4, -0.2) is 22.5 Å².